The van der Waals surface area contributed by atoms with Crippen molar-refractivity contribution >= 4 is 50.4 Å². The molecule has 0 unspecified atom stereocenters. The van der Waals surface area contributed by atoms with Gasteiger partial charge in [0.2, 0.25) is 17.7 Å². The quantitative estimate of drug-likeness (QED) is 0.185. The largest absolute Gasteiger partial charge is 0.436 e. The third kappa shape index (κ3) is 4.54. The molecule has 9 rings (SSSR count). The van der Waals surface area contributed by atoms with Crippen LogP contribution in [-0.4, -0.2) is 24.9 Å². The second kappa shape index (κ2) is 10.5. The summed E-state index contributed by atoms with van der Waals surface area (Å²) in [6, 6.07) is 38.9. The summed E-state index contributed by atoms with van der Waals surface area (Å²) in [7, 11) is 0. The minimum absolute atomic E-state index is 0.464. The highest BCUT2D eigenvalue weighted by atomic mass is 16.4. The zero-order valence-electron chi connectivity index (χ0n) is 24.1. The lowest BCUT2D eigenvalue weighted by molar-refractivity contribution is 0.616. The van der Waals surface area contributed by atoms with Gasteiger partial charge in [-0.15, -0.1) is 0 Å². The monoisotopic (exact) mass is 598 g/mol. The number of oxazole rings is 3. The van der Waals surface area contributed by atoms with Gasteiger partial charge in [-0.25, -0.2) is 24.9 Å². The Balaban J connectivity index is 1.09. The molecule has 0 saturated heterocycles. The predicted molar refractivity (Wildman–Crippen MR) is 176 cm³/mol. The second-order valence-corrected chi connectivity index (χ2v) is 10.6. The Bertz CT molecular complexity index is 2100. The summed E-state index contributed by atoms with van der Waals surface area (Å²) in [6.07, 6.45) is 3.60. The van der Waals surface area contributed by atoms with Crippen LogP contribution in [-0.2, 0) is 0 Å². The van der Waals surface area contributed by atoms with Gasteiger partial charge in [0.05, 0.1) is 23.8 Å². The predicted octanol–water partition coefficient (Wildman–Crippen LogP) is 9.37. The van der Waals surface area contributed by atoms with E-state index in [1.165, 1.54) is 0 Å². The highest BCUT2D eigenvalue weighted by molar-refractivity contribution is 5.81. The van der Waals surface area contributed by atoms with Crippen molar-refractivity contribution in [3.63, 3.8) is 0 Å². The first-order valence-electron chi connectivity index (χ1n) is 14.7. The molecule has 0 aliphatic rings. The maximum Gasteiger partial charge on any atom is 0.246 e. The third-order valence-corrected chi connectivity index (χ3v) is 7.70. The Kier molecular flexibility index (Phi) is 5.92. The van der Waals surface area contributed by atoms with Crippen LogP contribution in [0.3, 0.4) is 0 Å². The molecule has 0 saturated carbocycles. The molecular weight excluding hydrogens is 576 g/mol. The molecule has 0 amide bonds. The van der Waals surface area contributed by atoms with Crippen molar-refractivity contribution in [3.8, 4) is 34.6 Å². The van der Waals surface area contributed by atoms with Crippen LogP contribution in [0.5, 0.6) is 0 Å². The molecule has 0 N–H and O–H groups in total. The first-order valence-corrected chi connectivity index (χ1v) is 14.7. The minimum atomic E-state index is 0.464. The van der Waals surface area contributed by atoms with E-state index in [4.69, 9.17) is 23.2 Å². The molecule has 4 aromatic carbocycles. The Morgan fingerprint density at radius 3 is 1.24 bits per heavy atom. The van der Waals surface area contributed by atoms with Crippen molar-refractivity contribution in [2.75, 3.05) is 4.90 Å². The molecule has 9 heteroatoms. The van der Waals surface area contributed by atoms with Gasteiger partial charge in [0, 0.05) is 11.3 Å². The lowest BCUT2D eigenvalue weighted by atomic mass is 10.1. The van der Waals surface area contributed by atoms with Crippen molar-refractivity contribution in [2.45, 2.75) is 0 Å². The number of pyridine rings is 2. The van der Waals surface area contributed by atoms with Gasteiger partial charge in [0.15, 0.2) is 16.7 Å². The molecule has 0 radical (unpaired) electrons. The fraction of sp³-hybridized carbons (Fsp3) is 0. The third-order valence-electron chi connectivity index (χ3n) is 7.70. The van der Waals surface area contributed by atoms with Gasteiger partial charge in [-0.2, -0.15) is 0 Å². The zero-order chi connectivity index (χ0) is 30.5. The number of hydrogen-bond donors (Lipinski definition) is 0. The smallest absolute Gasteiger partial charge is 0.246 e. The van der Waals surface area contributed by atoms with Crippen LogP contribution in [0.25, 0.3) is 67.9 Å². The molecule has 0 aliphatic heterocycles. The Morgan fingerprint density at radius 1 is 0.391 bits per heavy atom. The van der Waals surface area contributed by atoms with E-state index < -0.39 is 0 Å². The van der Waals surface area contributed by atoms with Gasteiger partial charge in [0.1, 0.15) is 27.9 Å². The van der Waals surface area contributed by atoms with Crippen molar-refractivity contribution < 1.29 is 13.3 Å². The normalized spacial score (nSPS) is 11.5. The number of fused-ring (bicyclic) bond motifs is 3. The number of anilines is 3. The van der Waals surface area contributed by atoms with E-state index in [2.05, 4.69) is 19.9 Å². The van der Waals surface area contributed by atoms with Crippen LogP contribution in [0.4, 0.5) is 17.1 Å². The Hall–Kier alpha value is -6.61. The molecule has 0 fully saturated rings. The topological polar surface area (TPSA) is 107 Å². The number of rotatable bonds is 6. The summed E-state index contributed by atoms with van der Waals surface area (Å²) in [5.41, 5.74) is 9.26. The van der Waals surface area contributed by atoms with E-state index in [1.807, 2.05) is 121 Å². The molecule has 218 valence electrons. The molecule has 0 spiro atoms. The summed E-state index contributed by atoms with van der Waals surface area (Å²) in [5, 5.41) is 0. The highest BCUT2D eigenvalue weighted by Crippen LogP contribution is 2.37. The fourth-order valence-electron chi connectivity index (χ4n) is 5.45. The van der Waals surface area contributed by atoms with Gasteiger partial charge < -0.3 is 18.2 Å². The molecule has 0 bridgehead atoms. The maximum absolute atomic E-state index is 6.00. The van der Waals surface area contributed by atoms with Crippen LogP contribution in [0.15, 0.2) is 147 Å². The van der Waals surface area contributed by atoms with Crippen LogP contribution in [0.1, 0.15) is 0 Å². The van der Waals surface area contributed by atoms with Crippen LogP contribution in [0, 0.1) is 0 Å². The lowest BCUT2D eigenvalue weighted by Crippen LogP contribution is -2.10. The second-order valence-electron chi connectivity index (χ2n) is 10.6. The summed E-state index contributed by atoms with van der Waals surface area (Å²) < 4.78 is 17.9. The van der Waals surface area contributed by atoms with Crippen LogP contribution >= 0.6 is 0 Å². The number of aromatic nitrogens is 5. The minimum Gasteiger partial charge on any atom is -0.436 e. The highest BCUT2D eigenvalue weighted by Gasteiger charge is 2.18. The molecule has 9 aromatic rings. The number of hydrogen-bond acceptors (Lipinski definition) is 9. The first kappa shape index (κ1) is 25.8. The van der Waals surface area contributed by atoms with E-state index in [0.29, 0.717) is 40.2 Å². The lowest BCUT2D eigenvalue weighted by Gasteiger charge is -2.25. The van der Waals surface area contributed by atoms with E-state index in [9.17, 15) is 0 Å². The van der Waals surface area contributed by atoms with Crippen LogP contribution in [0.2, 0.25) is 0 Å². The van der Waals surface area contributed by atoms with Gasteiger partial charge in [-0.1, -0.05) is 36.4 Å². The summed E-state index contributed by atoms with van der Waals surface area (Å²) in [6.45, 7) is 0. The Labute approximate surface area is 261 Å². The summed E-state index contributed by atoms with van der Waals surface area (Å²) >= 11 is 0. The average molecular weight is 599 g/mol. The van der Waals surface area contributed by atoms with Gasteiger partial charge >= 0.3 is 0 Å². The fourth-order valence-corrected chi connectivity index (χ4v) is 5.45. The number of benzene rings is 4. The molecule has 5 aromatic heterocycles. The van der Waals surface area contributed by atoms with Gasteiger partial charge in [0.25, 0.3) is 0 Å². The molecule has 0 aliphatic carbocycles. The molecule has 46 heavy (non-hydrogen) atoms. The van der Waals surface area contributed by atoms with Crippen molar-refractivity contribution in [1.82, 2.24) is 24.9 Å². The van der Waals surface area contributed by atoms with E-state index >= 15 is 0 Å². The summed E-state index contributed by atoms with van der Waals surface area (Å²) in [4.78, 5) is 25.4. The molecule has 0 atom stereocenters. The zero-order valence-corrected chi connectivity index (χ0v) is 24.1. The standard InChI is InChI=1S/C37H22N6O3/c1-4-10-32-27(7-1)40-35(44-32)23-13-15-24(16-14-23)43(25-17-19-30(38-21-25)36-41-28-8-2-5-11-33(28)45-36)26-18-20-31(39-22-26)37-42-29-9-3-6-12-34(29)46-37/h1-22H. The van der Waals surface area contributed by atoms with Crippen molar-refractivity contribution in [3.05, 3.63) is 134 Å². The molecule has 5 heterocycles. The van der Waals surface area contributed by atoms with E-state index in [1.54, 1.807) is 12.4 Å². The van der Waals surface area contributed by atoms with Gasteiger partial charge in [-0.05, 0) is 84.9 Å². The average Bonchev–Trinajstić information content (AvgIpc) is 3.86. The maximum atomic E-state index is 6.00. The van der Waals surface area contributed by atoms with E-state index in [0.717, 1.165) is 44.8 Å². The number of nitrogens with zero attached hydrogens (tertiary/aromatic N) is 6. The Morgan fingerprint density at radius 2 is 0.804 bits per heavy atom. The van der Waals surface area contributed by atoms with E-state index in [-0.39, 0.29) is 0 Å². The SMILES string of the molecule is c1ccc2oc(-c3ccc(N(c4ccc(-c5nc6ccccc6o5)nc4)c4ccc(-c5nc6ccccc6o5)nc4)cc3)nc2c1. The summed E-state index contributed by atoms with van der Waals surface area (Å²) in [5.74, 6) is 1.49. The van der Waals surface area contributed by atoms with Gasteiger partial charge in [-0.3, -0.25) is 0 Å². The van der Waals surface area contributed by atoms with Crippen molar-refractivity contribution in [1.29, 1.82) is 0 Å². The van der Waals surface area contributed by atoms with Crippen LogP contribution < -0.4 is 4.90 Å². The molecular formula is C37H22N6O3. The van der Waals surface area contributed by atoms with Crippen molar-refractivity contribution in [2.24, 2.45) is 0 Å². The number of para-hydroxylation sites is 6. The molecule has 9 nitrogen and oxygen atoms in total. The first-order chi connectivity index (χ1) is 22.7.